The van der Waals surface area contributed by atoms with Gasteiger partial charge in [-0.1, -0.05) is 12.1 Å². The molecule has 0 aliphatic rings. The lowest BCUT2D eigenvalue weighted by Gasteiger charge is -2.00. The number of carbonyl (C=O) groups excluding carboxylic acids is 1. The highest BCUT2D eigenvalue weighted by Crippen LogP contribution is 2.08. The monoisotopic (exact) mass is 215 g/mol. The Balaban J connectivity index is 2.30. The lowest BCUT2D eigenvalue weighted by molar-refractivity contribution is -0.118. The minimum atomic E-state index is 0.277. The fourth-order valence-electron chi connectivity index (χ4n) is 1.42. The van der Waals surface area contributed by atoms with Crippen molar-refractivity contribution >= 4 is 11.5 Å². The molecule has 2 nitrogen and oxygen atoms in total. The maximum atomic E-state index is 11.5. The van der Waals surface area contributed by atoms with E-state index in [1.807, 2.05) is 24.3 Å². The van der Waals surface area contributed by atoms with Gasteiger partial charge in [0.25, 0.3) is 0 Å². The van der Waals surface area contributed by atoms with E-state index in [0.717, 1.165) is 17.7 Å². The van der Waals surface area contributed by atoms with Gasteiger partial charge in [-0.15, -0.1) is 11.8 Å². The molecule has 0 spiro atoms. The van der Waals surface area contributed by atoms with Gasteiger partial charge in [0.1, 0.15) is 5.78 Å². The second kappa shape index (κ2) is 6.68. The smallest absolute Gasteiger partial charge is 0.134 e. The van der Waals surface area contributed by atoms with E-state index in [1.54, 1.807) is 6.92 Å². The minimum Gasteiger partial charge on any atom is -0.399 e. The molecule has 1 rings (SSSR count). The number of Topliss-reactive ketones (excluding diaryl/α,β-unsaturated/α-hetero) is 1. The van der Waals surface area contributed by atoms with E-state index in [0.29, 0.717) is 19.3 Å². The van der Waals surface area contributed by atoms with E-state index in [4.69, 9.17) is 5.73 Å². The molecule has 0 fully saturated rings. The topological polar surface area (TPSA) is 43.1 Å². The third-order valence-corrected chi connectivity index (χ3v) is 2.38. The number of anilines is 1. The molecule has 0 amide bonds. The average molecular weight is 215 g/mol. The summed E-state index contributed by atoms with van der Waals surface area (Å²) in [6.45, 7) is 1.79. The fraction of sp³-hybridized carbons (Fsp3) is 0.357. The molecule has 0 radical (unpaired) electrons. The van der Waals surface area contributed by atoms with Gasteiger partial charge in [-0.2, -0.15) is 0 Å². The Morgan fingerprint density at radius 2 is 1.94 bits per heavy atom. The number of nitrogens with two attached hydrogens (primary N) is 1. The fourth-order valence-corrected chi connectivity index (χ4v) is 1.42. The van der Waals surface area contributed by atoms with Gasteiger partial charge in [-0.05, 0) is 31.0 Å². The average Bonchev–Trinajstić information content (AvgIpc) is 2.29. The Bertz CT molecular complexity index is 395. The van der Waals surface area contributed by atoms with Crippen molar-refractivity contribution in [3.8, 4) is 11.8 Å². The third-order valence-electron chi connectivity index (χ3n) is 2.38. The van der Waals surface area contributed by atoms with Crippen molar-refractivity contribution in [3.63, 3.8) is 0 Å². The molecule has 1 aromatic rings. The van der Waals surface area contributed by atoms with Gasteiger partial charge in [0.2, 0.25) is 0 Å². The van der Waals surface area contributed by atoms with Crippen LogP contribution in [0.25, 0.3) is 0 Å². The molecule has 0 heterocycles. The van der Waals surface area contributed by atoms with E-state index in [9.17, 15) is 4.79 Å². The maximum Gasteiger partial charge on any atom is 0.134 e. The van der Waals surface area contributed by atoms with Crippen LogP contribution in [0.3, 0.4) is 0 Å². The first-order valence-electron chi connectivity index (χ1n) is 5.48. The number of hydrogen-bond donors (Lipinski definition) is 1. The highest BCUT2D eigenvalue weighted by Gasteiger charge is 2.01. The van der Waals surface area contributed by atoms with E-state index >= 15 is 0 Å². The normalized spacial score (nSPS) is 9.31. The molecule has 0 aliphatic heterocycles. The van der Waals surface area contributed by atoms with Crippen LogP contribution in [-0.4, -0.2) is 5.78 Å². The molecule has 0 bridgehead atoms. The standard InChI is InChI=1S/C14H17NO/c1-2-3-4-5-14(16)11-8-12-6-9-13(15)10-7-12/h6-7,9-10H,4-5,8,11,15H2,1H3. The van der Waals surface area contributed by atoms with Crippen molar-refractivity contribution in [2.45, 2.75) is 32.6 Å². The Morgan fingerprint density at radius 3 is 2.56 bits per heavy atom. The lowest BCUT2D eigenvalue weighted by Crippen LogP contribution is -1.99. The Kier molecular flexibility index (Phi) is 5.15. The summed E-state index contributed by atoms with van der Waals surface area (Å²) in [6, 6.07) is 7.66. The van der Waals surface area contributed by atoms with E-state index in [1.165, 1.54) is 0 Å². The first-order valence-corrected chi connectivity index (χ1v) is 5.48. The van der Waals surface area contributed by atoms with Crippen LogP contribution in [0.4, 0.5) is 5.69 Å². The minimum absolute atomic E-state index is 0.277. The Morgan fingerprint density at radius 1 is 1.25 bits per heavy atom. The van der Waals surface area contributed by atoms with Crippen molar-refractivity contribution < 1.29 is 4.79 Å². The molecule has 0 saturated heterocycles. The molecule has 0 atom stereocenters. The van der Waals surface area contributed by atoms with Gasteiger partial charge >= 0.3 is 0 Å². The predicted molar refractivity (Wildman–Crippen MR) is 66.9 cm³/mol. The van der Waals surface area contributed by atoms with E-state index in [2.05, 4.69) is 11.8 Å². The lowest BCUT2D eigenvalue weighted by atomic mass is 10.0. The van der Waals surface area contributed by atoms with Crippen LogP contribution in [-0.2, 0) is 11.2 Å². The highest BCUT2D eigenvalue weighted by molar-refractivity contribution is 5.78. The summed E-state index contributed by atoms with van der Waals surface area (Å²) in [5.74, 6) is 5.96. The molecule has 84 valence electrons. The van der Waals surface area contributed by atoms with Gasteiger partial charge in [0, 0.05) is 24.9 Å². The molecular formula is C14H17NO. The Hall–Kier alpha value is -1.75. The van der Waals surface area contributed by atoms with Gasteiger partial charge < -0.3 is 5.73 Å². The van der Waals surface area contributed by atoms with Crippen LogP contribution >= 0.6 is 0 Å². The SMILES string of the molecule is CC#CCCC(=O)CCc1ccc(N)cc1. The highest BCUT2D eigenvalue weighted by atomic mass is 16.1. The number of benzene rings is 1. The van der Waals surface area contributed by atoms with Crippen molar-refractivity contribution in [3.05, 3.63) is 29.8 Å². The first-order chi connectivity index (χ1) is 7.72. The first kappa shape index (κ1) is 12.3. The van der Waals surface area contributed by atoms with Crippen LogP contribution < -0.4 is 5.73 Å². The molecule has 2 heteroatoms. The van der Waals surface area contributed by atoms with Crippen molar-refractivity contribution in [2.75, 3.05) is 5.73 Å². The summed E-state index contributed by atoms with van der Waals surface area (Å²) < 4.78 is 0. The van der Waals surface area contributed by atoms with Gasteiger partial charge in [-0.3, -0.25) is 4.79 Å². The van der Waals surface area contributed by atoms with Crippen molar-refractivity contribution in [1.29, 1.82) is 0 Å². The van der Waals surface area contributed by atoms with E-state index < -0.39 is 0 Å². The zero-order chi connectivity index (χ0) is 11.8. The summed E-state index contributed by atoms with van der Waals surface area (Å²) in [6.07, 6.45) is 2.63. The largest absolute Gasteiger partial charge is 0.399 e. The number of aryl methyl sites for hydroxylation is 1. The number of carbonyl (C=O) groups is 1. The number of nitrogen functional groups attached to an aromatic ring is 1. The van der Waals surface area contributed by atoms with E-state index in [-0.39, 0.29) is 5.78 Å². The maximum absolute atomic E-state index is 11.5. The molecule has 0 aromatic heterocycles. The van der Waals surface area contributed by atoms with Crippen LogP contribution in [0.2, 0.25) is 0 Å². The molecule has 1 aromatic carbocycles. The summed E-state index contributed by atoms with van der Waals surface area (Å²) in [5.41, 5.74) is 7.50. The van der Waals surface area contributed by atoms with Gasteiger partial charge in [0.05, 0.1) is 0 Å². The number of ketones is 1. The molecular weight excluding hydrogens is 198 g/mol. The predicted octanol–water partition coefficient (Wildman–Crippen LogP) is 2.57. The molecule has 0 aliphatic carbocycles. The van der Waals surface area contributed by atoms with Crippen LogP contribution in [0.15, 0.2) is 24.3 Å². The molecule has 0 saturated carbocycles. The summed E-state index contributed by atoms with van der Waals surface area (Å²) in [4.78, 5) is 11.5. The zero-order valence-corrected chi connectivity index (χ0v) is 9.62. The molecule has 16 heavy (non-hydrogen) atoms. The van der Waals surface area contributed by atoms with Crippen LogP contribution in [0.5, 0.6) is 0 Å². The van der Waals surface area contributed by atoms with Gasteiger partial charge in [0.15, 0.2) is 0 Å². The summed E-state index contributed by atoms with van der Waals surface area (Å²) >= 11 is 0. The number of hydrogen-bond acceptors (Lipinski definition) is 2. The van der Waals surface area contributed by atoms with Gasteiger partial charge in [-0.25, -0.2) is 0 Å². The van der Waals surface area contributed by atoms with Crippen LogP contribution in [0.1, 0.15) is 31.7 Å². The second-order valence-corrected chi connectivity index (χ2v) is 3.71. The van der Waals surface area contributed by atoms with Crippen molar-refractivity contribution in [1.82, 2.24) is 0 Å². The van der Waals surface area contributed by atoms with Crippen LogP contribution in [0, 0.1) is 11.8 Å². The molecule has 2 N–H and O–H groups in total. The quantitative estimate of drug-likeness (QED) is 0.606. The third kappa shape index (κ3) is 4.65. The Labute approximate surface area is 96.9 Å². The number of rotatable bonds is 5. The summed E-state index contributed by atoms with van der Waals surface area (Å²) in [7, 11) is 0. The zero-order valence-electron chi connectivity index (χ0n) is 9.62. The summed E-state index contributed by atoms with van der Waals surface area (Å²) in [5, 5.41) is 0. The molecule has 0 unspecified atom stereocenters. The second-order valence-electron chi connectivity index (χ2n) is 3.71. The van der Waals surface area contributed by atoms with Crippen molar-refractivity contribution in [2.24, 2.45) is 0 Å².